The van der Waals surface area contributed by atoms with Crippen LogP contribution in [0.15, 0.2) is 47.5 Å². The third kappa shape index (κ3) is 5.44. The fraction of sp³-hybridized carbons (Fsp3) is 0.300. The molecular weight excluding hydrogens is 349 g/mol. The molecule has 0 saturated heterocycles. The number of guanidine groups is 1. The van der Waals surface area contributed by atoms with E-state index in [9.17, 15) is 9.18 Å². The van der Waals surface area contributed by atoms with E-state index in [-0.39, 0.29) is 5.82 Å². The molecule has 0 aliphatic heterocycles. The van der Waals surface area contributed by atoms with Crippen LogP contribution in [0.4, 0.5) is 4.39 Å². The van der Waals surface area contributed by atoms with Gasteiger partial charge in [0.05, 0.1) is 14.2 Å². The van der Waals surface area contributed by atoms with Crippen LogP contribution in [0, 0.1) is 5.82 Å². The van der Waals surface area contributed by atoms with Crippen molar-refractivity contribution in [3.63, 3.8) is 0 Å². The molecule has 6 nitrogen and oxygen atoms in total. The molecule has 2 aromatic rings. The van der Waals surface area contributed by atoms with Gasteiger partial charge in [-0.3, -0.25) is 4.99 Å². The average Bonchev–Trinajstić information content (AvgIpc) is 2.67. The lowest BCUT2D eigenvalue weighted by molar-refractivity contribution is 0.0597. The van der Waals surface area contributed by atoms with Gasteiger partial charge < -0.3 is 19.7 Å². The first-order valence-corrected chi connectivity index (χ1v) is 8.40. The summed E-state index contributed by atoms with van der Waals surface area (Å²) in [6.45, 7) is 0.960. The van der Waals surface area contributed by atoms with Crippen molar-refractivity contribution in [2.24, 2.45) is 4.99 Å². The molecule has 0 saturated carbocycles. The van der Waals surface area contributed by atoms with Crippen LogP contribution < -0.4 is 10.1 Å². The molecule has 0 unspecified atom stereocenters. The van der Waals surface area contributed by atoms with E-state index in [2.05, 4.69) is 10.3 Å². The molecule has 0 spiro atoms. The lowest BCUT2D eigenvalue weighted by Gasteiger charge is -2.22. The molecule has 27 heavy (non-hydrogen) atoms. The summed E-state index contributed by atoms with van der Waals surface area (Å²) in [4.78, 5) is 18.0. The number of aliphatic imine (C=N–C) groups is 1. The summed E-state index contributed by atoms with van der Waals surface area (Å²) in [6, 6.07) is 11.8. The quantitative estimate of drug-likeness (QED) is 0.479. The number of rotatable bonds is 6. The first kappa shape index (κ1) is 20.2. The molecule has 0 amide bonds. The maximum Gasteiger partial charge on any atom is 0.341 e. The van der Waals surface area contributed by atoms with Crippen molar-refractivity contribution in [1.29, 1.82) is 0 Å². The number of benzene rings is 2. The third-order valence-corrected chi connectivity index (χ3v) is 4.00. The lowest BCUT2D eigenvalue weighted by Crippen LogP contribution is -2.38. The first-order valence-electron chi connectivity index (χ1n) is 8.40. The first-order chi connectivity index (χ1) is 13.0. The maximum absolute atomic E-state index is 13.4. The fourth-order valence-corrected chi connectivity index (χ4v) is 2.68. The number of methoxy groups -OCH3 is 2. The number of ether oxygens (including phenoxy) is 2. The van der Waals surface area contributed by atoms with Gasteiger partial charge in [-0.2, -0.15) is 0 Å². The van der Waals surface area contributed by atoms with Gasteiger partial charge in [-0.1, -0.05) is 18.2 Å². The molecule has 0 aliphatic rings. The van der Waals surface area contributed by atoms with Crippen molar-refractivity contribution in [2.45, 2.75) is 13.1 Å². The minimum absolute atomic E-state index is 0.266. The van der Waals surface area contributed by atoms with Crippen molar-refractivity contribution in [3.05, 3.63) is 65.0 Å². The van der Waals surface area contributed by atoms with Crippen LogP contribution in [0.2, 0.25) is 0 Å². The highest BCUT2D eigenvalue weighted by molar-refractivity contribution is 5.92. The molecule has 144 valence electrons. The molecule has 7 heteroatoms. The predicted molar refractivity (Wildman–Crippen MR) is 102 cm³/mol. The van der Waals surface area contributed by atoms with Gasteiger partial charge in [0, 0.05) is 27.2 Å². The van der Waals surface area contributed by atoms with Crippen molar-refractivity contribution < 1.29 is 18.7 Å². The molecule has 0 atom stereocenters. The van der Waals surface area contributed by atoms with Crippen molar-refractivity contribution in [2.75, 3.05) is 28.3 Å². The summed E-state index contributed by atoms with van der Waals surface area (Å²) in [5, 5.41) is 3.23. The van der Waals surface area contributed by atoms with Crippen LogP contribution in [0.25, 0.3) is 0 Å². The van der Waals surface area contributed by atoms with Crippen molar-refractivity contribution in [1.82, 2.24) is 10.2 Å². The van der Waals surface area contributed by atoms with Crippen LogP contribution in [0.5, 0.6) is 5.75 Å². The Balaban J connectivity index is 2.06. The number of carbonyl (C=O) groups is 1. The Bertz CT molecular complexity index is 824. The van der Waals surface area contributed by atoms with E-state index in [1.54, 1.807) is 25.2 Å². The normalized spacial score (nSPS) is 11.1. The van der Waals surface area contributed by atoms with Crippen molar-refractivity contribution in [3.8, 4) is 5.75 Å². The number of nitrogens with zero attached hydrogens (tertiary/aromatic N) is 2. The fourth-order valence-electron chi connectivity index (χ4n) is 2.68. The minimum Gasteiger partial charge on any atom is -0.496 e. The minimum atomic E-state index is -0.457. The zero-order valence-corrected chi connectivity index (χ0v) is 16.0. The van der Waals surface area contributed by atoms with E-state index >= 15 is 0 Å². The summed E-state index contributed by atoms with van der Waals surface area (Å²) in [7, 11) is 6.38. The number of hydrogen-bond acceptors (Lipinski definition) is 4. The second-order valence-corrected chi connectivity index (χ2v) is 5.91. The smallest absolute Gasteiger partial charge is 0.341 e. The summed E-state index contributed by atoms with van der Waals surface area (Å²) in [5.41, 5.74) is 2.08. The van der Waals surface area contributed by atoms with Crippen LogP contribution in [0.3, 0.4) is 0 Å². The Hall–Kier alpha value is -3.09. The largest absolute Gasteiger partial charge is 0.496 e. The molecule has 0 bridgehead atoms. The van der Waals surface area contributed by atoms with Gasteiger partial charge in [-0.25, -0.2) is 9.18 Å². The summed E-state index contributed by atoms with van der Waals surface area (Å²) in [5.74, 6) is 0.381. The molecule has 2 rings (SSSR count). The number of halogens is 1. The van der Waals surface area contributed by atoms with Gasteiger partial charge in [0.15, 0.2) is 5.96 Å². The van der Waals surface area contributed by atoms with Gasteiger partial charge in [0.1, 0.15) is 17.1 Å². The number of hydrogen-bond donors (Lipinski definition) is 1. The van der Waals surface area contributed by atoms with Gasteiger partial charge in [-0.05, 0) is 35.4 Å². The predicted octanol–water partition coefficient (Wildman–Crippen LogP) is 2.83. The standard InChI is InChI=1S/C20H24FN3O3/c1-22-20(24(2)13-15-6-5-7-16(21)10-15)23-12-14-8-9-18(26-3)17(11-14)19(25)27-4/h5-11H,12-13H2,1-4H3,(H,22,23). The highest BCUT2D eigenvalue weighted by atomic mass is 19.1. The van der Waals surface area contributed by atoms with Gasteiger partial charge in [-0.15, -0.1) is 0 Å². The zero-order chi connectivity index (χ0) is 19.8. The Morgan fingerprint density at radius 1 is 1.19 bits per heavy atom. The molecular formula is C20H24FN3O3. The van der Waals surface area contributed by atoms with Gasteiger partial charge >= 0.3 is 5.97 Å². The molecule has 2 aromatic carbocycles. The number of nitrogens with one attached hydrogen (secondary N) is 1. The van der Waals surface area contributed by atoms with Gasteiger partial charge in [0.25, 0.3) is 0 Å². The Kier molecular flexibility index (Phi) is 7.16. The molecule has 0 radical (unpaired) electrons. The Labute approximate surface area is 158 Å². The van der Waals surface area contributed by atoms with E-state index in [4.69, 9.17) is 9.47 Å². The second-order valence-electron chi connectivity index (χ2n) is 5.91. The highest BCUT2D eigenvalue weighted by Gasteiger charge is 2.14. The van der Waals surface area contributed by atoms with Crippen LogP contribution in [-0.2, 0) is 17.8 Å². The topological polar surface area (TPSA) is 63.2 Å². The summed E-state index contributed by atoms with van der Waals surface area (Å²) < 4.78 is 23.3. The summed E-state index contributed by atoms with van der Waals surface area (Å²) >= 11 is 0. The molecule has 0 aliphatic carbocycles. The van der Waals surface area contributed by atoms with Crippen molar-refractivity contribution >= 4 is 11.9 Å². The second kappa shape index (κ2) is 9.56. The van der Waals surface area contributed by atoms with E-state index in [0.29, 0.717) is 30.4 Å². The van der Waals surface area contributed by atoms with E-state index in [1.165, 1.54) is 26.4 Å². The Morgan fingerprint density at radius 3 is 2.59 bits per heavy atom. The van der Waals surface area contributed by atoms with Crippen LogP contribution in [0.1, 0.15) is 21.5 Å². The number of carbonyl (C=O) groups excluding carboxylic acids is 1. The van der Waals surface area contributed by atoms with E-state index < -0.39 is 5.97 Å². The number of esters is 1. The maximum atomic E-state index is 13.4. The molecule has 0 heterocycles. The Morgan fingerprint density at radius 2 is 1.96 bits per heavy atom. The summed E-state index contributed by atoms with van der Waals surface area (Å²) in [6.07, 6.45) is 0. The zero-order valence-electron chi connectivity index (χ0n) is 16.0. The highest BCUT2D eigenvalue weighted by Crippen LogP contribution is 2.20. The molecule has 1 N–H and O–H groups in total. The third-order valence-electron chi connectivity index (χ3n) is 4.00. The van der Waals surface area contributed by atoms with E-state index in [1.807, 2.05) is 24.1 Å². The van der Waals surface area contributed by atoms with Gasteiger partial charge in [0.2, 0.25) is 0 Å². The van der Waals surface area contributed by atoms with Crippen LogP contribution in [-0.4, -0.2) is 45.1 Å². The SMILES string of the molecule is CN=C(NCc1ccc(OC)c(C(=O)OC)c1)N(C)Cc1cccc(F)c1. The van der Waals surface area contributed by atoms with Crippen LogP contribution >= 0.6 is 0 Å². The average molecular weight is 373 g/mol. The lowest BCUT2D eigenvalue weighted by atomic mass is 10.1. The molecule has 0 fully saturated rings. The molecule has 0 aromatic heterocycles. The monoisotopic (exact) mass is 373 g/mol. The van der Waals surface area contributed by atoms with E-state index in [0.717, 1.165) is 11.1 Å².